The second kappa shape index (κ2) is 8.37. The van der Waals surface area contributed by atoms with Gasteiger partial charge in [0, 0.05) is 30.0 Å². The van der Waals surface area contributed by atoms with Crippen molar-refractivity contribution in [1.29, 1.82) is 0 Å². The summed E-state index contributed by atoms with van der Waals surface area (Å²) in [6.45, 7) is 4.64. The lowest BCUT2D eigenvalue weighted by Crippen LogP contribution is -2.30. The largest absolute Gasteiger partial charge is 0.460 e. The zero-order valence-corrected chi connectivity index (χ0v) is 17.0. The van der Waals surface area contributed by atoms with Crippen molar-refractivity contribution in [2.45, 2.75) is 26.8 Å². The van der Waals surface area contributed by atoms with E-state index in [1.807, 2.05) is 50.3 Å². The molecule has 0 saturated carbocycles. The van der Waals surface area contributed by atoms with Crippen molar-refractivity contribution in [1.82, 2.24) is 14.9 Å². The monoisotopic (exact) mass is 401 g/mol. The first-order valence-corrected chi connectivity index (χ1v) is 10.1. The first kappa shape index (κ1) is 19.6. The summed E-state index contributed by atoms with van der Waals surface area (Å²) < 4.78 is 5.89. The molecule has 1 N–H and O–H groups in total. The second-order valence-electron chi connectivity index (χ2n) is 7.00. The lowest BCUT2D eigenvalue weighted by Gasteiger charge is -2.18. The summed E-state index contributed by atoms with van der Waals surface area (Å²) in [6, 6.07) is 15.0. The molecule has 0 fully saturated rings. The summed E-state index contributed by atoms with van der Waals surface area (Å²) in [6.07, 6.45) is 4.10. The van der Waals surface area contributed by atoms with Crippen molar-refractivity contribution >= 4 is 33.9 Å². The van der Waals surface area contributed by atoms with Gasteiger partial charge in [-0.25, -0.2) is 4.98 Å². The average Bonchev–Trinajstić information content (AvgIpc) is 3.13. The Balaban J connectivity index is 1.59. The zero-order valence-electron chi connectivity index (χ0n) is 17.0. The fourth-order valence-electron chi connectivity index (χ4n) is 3.56. The molecule has 1 amide bonds. The summed E-state index contributed by atoms with van der Waals surface area (Å²) in [4.78, 5) is 34.1. The predicted molar refractivity (Wildman–Crippen MR) is 118 cm³/mol. The normalized spacial score (nSPS) is 11.5. The van der Waals surface area contributed by atoms with Gasteiger partial charge in [0.05, 0.1) is 17.4 Å². The number of rotatable bonds is 6. The number of nitrogens with one attached hydrogen (secondary N) is 1. The molecule has 2 aromatic heterocycles. The molecular weight excluding hydrogens is 378 g/mol. The van der Waals surface area contributed by atoms with E-state index in [1.165, 1.54) is 0 Å². The number of amides is 1. The molecule has 152 valence electrons. The minimum absolute atomic E-state index is 0.152. The SMILES string of the molecule is CCc1oc2ccccc2c1/C=C/C(=O)N(CC)Cc1nc2ccccc2c(=O)[nH]1. The number of carbonyl (C=O) groups is 1. The Morgan fingerprint density at radius 3 is 2.60 bits per heavy atom. The van der Waals surface area contributed by atoms with E-state index in [0.29, 0.717) is 23.3 Å². The van der Waals surface area contributed by atoms with Crippen LogP contribution >= 0.6 is 0 Å². The lowest BCUT2D eigenvalue weighted by atomic mass is 10.1. The van der Waals surface area contributed by atoms with Gasteiger partial charge in [-0.3, -0.25) is 9.59 Å². The maximum absolute atomic E-state index is 12.8. The van der Waals surface area contributed by atoms with Gasteiger partial charge >= 0.3 is 0 Å². The first-order valence-electron chi connectivity index (χ1n) is 10.1. The predicted octanol–water partition coefficient (Wildman–Crippen LogP) is 4.29. The molecule has 0 unspecified atom stereocenters. The number of nitrogens with zero attached hydrogens (tertiary/aromatic N) is 2. The van der Waals surface area contributed by atoms with E-state index in [1.54, 1.807) is 29.2 Å². The molecule has 30 heavy (non-hydrogen) atoms. The summed E-state index contributed by atoms with van der Waals surface area (Å²) in [5, 5.41) is 1.52. The van der Waals surface area contributed by atoms with Gasteiger partial charge < -0.3 is 14.3 Å². The third kappa shape index (κ3) is 3.76. The Morgan fingerprint density at radius 1 is 1.10 bits per heavy atom. The highest BCUT2D eigenvalue weighted by Crippen LogP contribution is 2.27. The fourth-order valence-corrected chi connectivity index (χ4v) is 3.56. The number of furan rings is 1. The molecule has 2 heterocycles. The van der Waals surface area contributed by atoms with Crippen LogP contribution in [0.4, 0.5) is 0 Å². The Labute approximate surface area is 173 Å². The Bertz CT molecular complexity index is 1300. The van der Waals surface area contributed by atoms with Crippen LogP contribution in [0.25, 0.3) is 27.9 Å². The lowest BCUT2D eigenvalue weighted by molar-refractivity contribution is -0.126. The van der Waals surface area contributed by atoms with Crippen LogP contribution in [0, 0.1) is 0 Å². The molecule has 0 radical (unpaired) electrons. The molecule has 2 aromatic carbocycles. The van der Waals surface area contributed by atoms with E-state index < -0.39 is 0 Å². The number of likely N-dealkylation sites (N-methyl/N-ethyl adjacent to an activating group) is 1. The molecule has 6 nitrogen and oxygen atoms in total. The topological polar surface area (TPSA) is 79.2 Å². The highest BCUT2D eigenvalue weighted by molar-refractivity contribution is 5.96. The van der Waals surface area contributed by atoms with E-state index in [2.05, 4.69) is 9.97 Å². The maximum Gasteiger partial charge on any atom is 0.258 e. The average molecular weight is 401 g/mol. The minimum Gasteiger partial charge on any atom is -0.460 e. The Kier molecular flexibility index (Phi) is 5.48. The fraction of sp³-hybridized carbons (Fsp3) is 0.208. The summed E-state index contributed by atoms with van der Waals surface area (Å²) in [5.41, 5.74) is 2.15. The van der Waals surface area contributed by atoms with E-state index >= 15 is 0 Å². The third-order valence-corrected chi connectivity index (χ3v) is 5.12. The van der Waals surface area contributed by atoms with Crippen molar-refractivity contribution in [2.24, 2.45) is 0 Å². The molecular formula is C24H23N3O3. The van der Waals surface area contributed by atoms with E-state index in [-0.39, 0.29) is 18.0 Å². The molecule has 0 spiro atoms. The van der Waals surface area contributed by atoms with Gasteiger partial charge in [-0.1, -0.05) is 37.3 Å². The van der Waals surface area contributed by atoms with Crippen molar-refractivity contribution in [3.8, 4) is 0 Å². The van der Waals surface area contributed by atoms with Gasteiger partial charge in [0.15, 0.2) is 0 Å². The first-order chi connectivity index (χ1) is 14.6. The van der Waals surface area contributed by atoms with Crippen LogP contribution in [0.5, 0.6) is 0 Å². The van der Waals surface area contributed by atoms with Crippen LogP contribution in [0.2, 0.25) is 0 Å². The molecule has 0 bridgehead atoms. The number of H-pyrrole nitrogens is 1. The van der Waals surface area contributed by atoms with Crippen molar-refractivity contribution in [3.05, 3.63) is 82.1 Å². The number of fused-ring (bicyclic) bond motifs is 2. The van der Waals surface area contributed by atoms with E-state index in [0.717, 1.165) is 28.7 Å². The van der Waals surface area contributed by atoms with Crippen LogP contribution < -0.4 is 5.56 Å². The number of hydrogen-bond donors (Lipinski definition) is 1. The van der Waals surface area contributed by atoms with Crippen molar-refractivity contribution < 1.29 is 9.21 Å². The number of aryl methyl sites for hydroxylation is 1. The second-order valence-corrected chi connectivity index (χ2v) is 7.00. The number of carbonyl (C=O) groups excluding carboxylic acids is 1. The van der Waals surface area contributed by atoms with Crippen LogP contribution in [-0.4, -0.2) is 27.3 Å². The molecule has 4 rings (SSSR count). The van der Waals surface area contributed by atoms with Gasteiger partial charge in [0.25, 0.3) is 5.56 Å². The molecule has 4 aromatic rings. The Morgan fingerprint density at radius 2 is 1.83 bits per heavy atom. The number of aromatic amines is 1. The quantitative estimate of drug-likeness (QED) is 0.489. The molecule has 0 aliphatic heterocycles. The number of hydrogen-bond acceptors (Lipinski definition) is 4. The summed E-state index contributed by atoms with van der Waals surface area (Å²) >= 11 is 0. The Hall–Kier alpha value is -3.67. The number of para-hydroxylation sites is 2. The molecule has 0 saturated heterocycles. The third-order valence-electron chi connectivity index (χ3n) is 5.12. The highest BCUT2D eigenvalue weighted by atomic mass is 16.3. The molecule has 0 aliphatic carbocycles. The molecule has 6 heteroatoms. The van der Waals surface area contributed by atoms with E-state index in [4.69, 9.17) is 4.42 Å². The number of aromatic nitrogens is 2. The standard InChI is InChI=1S/C24H23N3O3/c1-3-20-17(16-9-6-8-12-21(16)30-20)13-14-23(28)27(4-2)15-22-25-19-11-7-5-10-18(19)24(29)26-22/h5-14H,3-4,15H2,1-2H3,(H,25,26,29)/b14-13+. The van der Waals surface area contributed by atoms with Gasteiger partial charge in [-0.2, -0.15) is 0 Å². The van der Waals surface area contributed by atoms with Crippen LogP contribution in [-0.2, 0) is 17.8 Å². The van der Waals surface area contributed by atoms with E-state index in [9.17, 15) is 9.59 Å². The van der Waals surface area contributed by atoms with Crippen molar-refractivity contribution in [2.75, 3.05) is 6.54 Å². The van der Waals surface area contributed by atoms with Crippen LogP contribution in [0.15, 0.2) is 63.8 Å². The maximum atomic E-state index is 12.8. The summed E-state index contributed by atoms with van der Waals surface area (Å²) in [5.74, 6) is 1.16. The van der Waals surface area contributed by atoms with Gasteiger partial charge in [0.1, 0.15) is 17.2 Å². The minimum atomic E-state index is -0.202. The number of benzene rings is 2. The molecule has 0 aliphatic rings. The van der Waals surface area contributed by atoms with Crippen molar-refractivity contribution in [3.63, 3.8) is 0 Å². The van der Waals surface area contributed by atoms with Crippen LogP contribution in [0.1, 0.15) is 31.0 Å². The van der Waals surface area contributed by atoms with Crippen LogP contribution in [0.3, 0.4) is 0 Å². The smallest absolute Gasteiger partial charge is 0.258 e. The highest BCUT2D eigenvalue weighted by Gasteiger charge is 2.14. The molecule has 0 atom stereocenters. The van der Waals surface area contributed by atoms with Gasteiger partial charge in [-0.05, 0) is 31.2 Å². The van der Waals surface area contributed by atoms with Gasteiger partial charge in [0.2, 0.25) is 5.91 Å². The summed E-state index contributed by atoms with van der Waals surface area (Å²) in [7, 11) is 0. The van der Waals surface area contributed by atoms with Gasteiger partial charge in [-0.15, -0.1) is 0 Å². The zero-order chi connectivity index (χ0) is 21.1.